The predicted molar refractivity (Wildman–Crippen MR) is 157 cm³/mol. The topological polar surface area (TPSA) is 20.2 Å². The van der Waals surface area contributed by atoms with Crippen molar-refractivity contribution in [3.05, 3.63) is 126 Å². The lowest BCUT2D eigenvalue weighted by Crippen LogP contribution is -2.33. The van der Waals surface area contributed by atoms with Crippen LogP contribution in [0.4, 0.5) is 0 Å². The zero-order valence-electron chi connectivity index (χ0n) is 21.9. The summed E-state index contributed by atoms with van der Waals surface area (Å²) in [4.78, 5) is 0. The maximum absolute atomic E-state index is 10.7. The summed E-state index contributed by atoms with van der Waals surface area (Å²) >= 11 is 0. The van der Waals surface area contributed by atoms with Crippen LogP contribution in [0.3, 0.4) is 0 Å². The Hall–Kier alpha value is -2.73. The van der Waals surface area contributed by atoms with Crippen LogP contribution in [0.5, 0.6) is 0 Å². The van der Waals surface area contributed by atoms with Crippen molar-refractivity contribution in [2.75, 3.05) is 6.16 Å². The molecule has 1 nitrogen and oxygen atoms in total. The molecule has 0 amide bonds. The first-order valence-electron chi connectivity index (χ1n) is 12.5. The second-order valence-electron chi connectivity index (χ2n) is 10.1. The summed E-state index contributed by atoms with van der Waals surface area (Å²) in [5, 5.41) is 14.9. The fourth-order valence-electron chi connectivity index (χ4n) is 4.39. The molecule has 0 saturated carbocycles. The Morgan fingerprint density at radius 2 is 1.17 bits per heavy atom. The van der Waals surface area contributed by atoms with E-state index in [1.165, 1.54) is 27.1 Å². The normalized spacial score (nSPS) is 13.6. The first kappa shape index (κ1) is 26.9. The first-order chi connectivity index (χ1) is 16.7. The van der Waals surface area contributed by atoms with Gasteiger partial charge in [-0.3, -0.25) is 0 Å². The fraction of sp³-hybridized carbons (Fsp3) is 0.273. The van der Waals surface area contributed by atoms with Gasteiger partial charge in [0.25, 0.3) is 0 Å². The van der Waals surface area contributed by atoms with E-state index < -0.39 is 12.9 Å². The molecule has 0 aliphatic carbocycles. The predicted octanol–water partition coefficient (Wildman–Crippen LogP) is 7.23. The smallest absolute Gasteiger partial charge is 0.115 e. The number of hydrogen-bond donors (Lipinski definition) is 1. The van der Waals surface area contributed by atoms with Crippen molar-refractivity contribution in [1.29, 1.82) is 0 Å². The molecule has 0 aliphatic rings. The third kappa shape index (κ3) is 7.14. The second kappa shape index (κ2) is 12.3. The summed E-state index contributed by atoms with van der Waals surface area (Å²) in [5.74, 6) is 0.0673. The van der Waals surface area contributed by atoms with Crippen molar-refractivity contribution in [3.8, 4) is 0 Å². The molecule has 0 aliphatic heterocycles. The standard InChI is InChI=1S/C33H40OP/c1-27(2)21-23-29(33(4,5)34)24-22-28(3)25-26-35(30-15-9-6-10-16-30,31-17-11-7-12-18-31)32-19-13-8-14-20-32/h6-22,24-25,29,34H,23,26H2,1-5H3/q+1/b24-22+,28-25+/t29-/m0/s1. The third-order valence-electron chi connectivity index (χ3n) is 6.56. The Kier molecular flexibility index (Phi) is 9.44. The van der Waals surface area contributed by atoms with E-state index in [0.717, 1.165) is 12.6 Å². The van der Waals surface area contributed by atoms with E-state index in [1.54, 1.807) is 0 Å². The Balaban J connectivity index is 2.04. The average molecular weight is 484 g/mol. The van der Waals surface area contributed by atoms with Crippen LogP contribution in [-0.4, -0.2) is 16.9 Å². The van der Waals surface area contributed by atoms with E-state index in [9.17, 15) is 5.11 Å². The van der Waals surface area contributed by atoms with Crippen LogP contribution in [0, 0.1) is 5.92 Å². The molecule has 0 spiro atoms. The molecule has 0 aromatic heterocycles. The molecule has 1 atom stereocenters. The summed E-state index contributed by atoms with van der Waals surface area (Å²) in [6.07, 6.45) is 10.8. The van der Waals surface area contributed by atoms with Crippen LogP contribution in [-0.2, 0) is 0 Å². The van der Waals surface area contributed by atoms with Crippen LogP contribution < -0.4 is 15.9 Å². The molecule has 182 valence electrons. The molecule has 35 heavy (non-hydrogen) atoms. The molecule has 0 heterocycles. The average Bonchev–Trinajstić information content (AvgIpc) is 2.85. The summed E-state index contributed by atoms with van der Waals surface area (Å²) in [6, 6.07) is 33.0. The van der Waals surface area contributed by atoms with Crippen molar-refractivity contribution in [2.45, 2.75) is 46.6 Å². The van der Waals surface area contributed by atoms with E-state index in [0.29, 0.717) is 0 Å². The zero-order valence-corrected chi connectivity index (χ0v) is 22.8. The number of benzene rings is 3. The van der Waals surface area contributed by atoms with Gasteiger partial charge in [-0.25, -0.2) is 0 Å². The Bertz CT molecular complexity index is 1040. The number of hydrogen-bond acceptors (Lipinski definition) is 1. The quantitative estimate of drug-likeness (QED) is 0.183. The monoisotopic (exact) mass is 483 g/mol. The van der Waals surface area contributed by atoms with E-state index in [1.807, 2.05) is 13.8 Å². The number of aliphatic hydroxyl groups is 1. The minimum Gasteiger partial charge on any atom is -0.390 e. The molecule has 3 aromatic rings. The SMILES string of the molecule is CC(C)=CC[C@@H](/C=C/C(C)=C/C[P+](c1ccccc1)(c1ccccc1)c1ccccc1)C(C)(C)O. The fourth-order valence-corrected chi connectivity index (χ4v) is 8.52. The second-order valence-corrected chi connectivity index (χ2v) is 13.6. The van der Waals surface area contributed by atoms with Crippen LogP contribution in [0.25, 0.3) is 0 Å². The van der Waals surface area contributed by atoms with E-state index >= 15 is 0 Å². The van der Waals surface area contributed by atoms with Gasteiger partial charge in [-0.15, -0.1) is 0 Å². The lowest BCUT2D eigenvalue weighted by Gasteiger charge is -2.27. The number of rotatable bonds is 10. The first-order valence-corrected chi connectivity index (χ1v) is 14.5. The van der Waals surface area contributed by atoms with Gasteiger partial charge in [-0.1, -0.05) is 84.0 Å². The summed E-state index contributed by atoms with van der Waals surface area (Å²) < 4.78 is 0. The van der Waals surface area contributed by atoms with Gasteiger partial charge in [0.2, 0.25) is 0 Å². The maximum Gasteiger partial charge on any atom is 0.115 e. The summed E-state index contributed by atoms with van der Waals surface area (Å²) in [5.41, 5.74) is 1.74. The molecule has 0 saturated heterocycles. The van der Waals surface area contributed by atoms with Crippen molar-refractivity contribution in [1.82, 2.24) is 0 Å². The molecular formula is C33H40OP+. The van der Waals surface area contributed by atoms with Gasteiger partial charge >= 0.3 is 0 Å². The molecule has 0 fully saturated rings. The van der Waals surface area contributed by atoms with Gasteiger partial charge in [0.1, 0.15) is 23.2 Å². The van der Waals surface area contributed by atoms with E-state index in [4.69, 9.17) is 0 Å². The van der Waals surface area contributed by atoms with Gasteiger partial charge in [0.15, 0.2) is 0 Å². The zero-order chi connectivity index (χ0) is 25.3. The van der Waals surface area contributed by atoms with E-state index in [-0.39, 0.29) is 5.92 Å². The van der Waals surface area contributed by atoms with Gasteiger partial charge in [-0.2, -0.15) is 0 Å². The van der Waals surface area contributed by atoms with Gasteiger partial charge in [0.05, 0.1) is 11.8 Å². The summed E-state index contributed by atoms with van der Waals surface area (Å²) in [7, 11) is -1.88. The maximum atomic E-state index is 10.7. The largest absolute Gasteiger partial charge is 0.390 e. The Labute approximate surface area is 213 Å². The highest BCUT2D eigenvalue weighted by Crippen LogP contribution is 2.55. The van der Waals surface area contributed by atoms with Crippen molar-refractivity contribution >= 4 is 23.2 Å². The molecule has 1 N–H and O–H groups in total. The van der Waals surface area contributed by atoms with Crippen LogP contribution in [0.1, 0.15) is 41.0 Å². The van der Waals surface area contributed by atoms with Gasteiger partial charge in [0, 0.05) is 5.92 Å². The summed E-state index contributed by atoms with van der Waals surface area (Å²) in [6.45, 7) is 10.2. The highest BCUT2D eigenvalue weighted by molar-refractivity contribution is 7.95. The van der Waals surface area contributed by atoms with E-state index in [2.05, 4.69) is 136 Å². The Morgan fingerprint density at radius 1 is 0.743 bits per heavy atom. The van der Waals surface area contributed by atoms with Gasteiger partial charge < -0.3 is 5.11 Å². The lowest BCUT2D eigenvalue weighted by atomic mass is 9.87. The van der Waals surface area contributed by atoms with Crippen molar-refractivity contribution < 1.29 is 5.11 Å². The number of allylic oxidation sites excluding steroid dienone is 5. The molecule has 0 bridgehead atoms. The third-order valence-corrected chi connectivity index (χ3v) is 10.8. The highest BCUT2D eigenvalue weighted by Gasteiger charge is 2.44. The highest BCUT2D eigenvalue weighted by atomic mass is 31.2. The molecular weight excluding hydrogens is 443 g/mol. The van der Waals surface area contributed by atoms with Crippen molar-refractivity contribution in [3.63, 3.8) is 0 Å². The molecule has 3 aromatic carbocycles. The van der Waals surface area contributed by atoms with Crippen LogP contribution >= 0.6 is 7.26 Å². The molecule has 0 radical (unpaired) electrons. The molecule has 3 rings (SSSR count). The van der Waals surface area contributed by atoms with Crippen LogP contribution in [0.2, 0.25) is 0 Å². The van der Waals surface area contributed by atoms with Gasteiger partial charge in [-0.05, 0) is 83.5 Å². The minimum absolute atomic E-state index is 0.0673. The van der Waals surface area contributed by atoms with Crippen LogP contribution in [0.15, 0.2) is 126 Å². The minimum atomic E-state index is -1.88. The lowest BCUT2D eigenvalue weighted by molar-refractivity contribution is 0.0380. The Morgan fingerprint density at radius 3 is 1.54 bits per heavy atom. The van der Waals surface area contributed by atoms with Crippen molar-refractivity contribution in [2.24, 2.45) is 5.92 Å². The molecule has 0 unspecified atom stereocenters. The molecule has 2 heteroatoms.